The number of carbonyl (C=O) groups is 2. The number of esters is 2. The minimum Gasteiger partial charge on any atom is -0.463 e. The third-order valence-corrected chi connectivity index (χ3v) is 7.99. The molecule has 7 nitrogen and oxygen atoms in total. The molecular weight excluding hydrogens is 633 g/mol. The zero-order valence-corrected chi connectivity index (χ0v) is 28.7. The van der Waals surface area contributed by atoms with Crippen molar-refractivity contribution >= 4 is 18.0 Å². The van der Waals surface area contributed by atoms with Gasteiger partial charge in [0.05, 0.1) is 49.1 Å². The van der Waals surface area contributed by atoms with Gasteiger partial charge < -0.3 is 19.5 Å². The second-order valence-corrected chi connectivity index (χ2v) is 12.9. The normalized spacial score (nSPS) is 15.6. The van der Waals surface area contributed by atoms with E-state index in [9.17, 15) is 22.8 Å². The van der Waals surface area contributed by atoms with E-state index < -0.39 is 35.0 Å². The van der Waals surface area contributed by atoms with Gasteiger partial charge in [-0.25, -0.2) is 9.59 Å². The van der Waals surface area contributed by atoms with E-state index in [0.29, 0.717) is 12.3 Å². The van der Waals surface area contributed by atoms with Crippen molar-refractivity contribution in [2.75, 3.05) is 26.4 Å². The average molecular weight is 677 g/mol. The van der Waals surface area contributed by atoms with Crippen LogP contribution in [-0.2, 0) is 36.4 Å². The molecule has 0 fully saturated rings. The molecule has 0 bridgehead atoms. The number of halogens is 3. The van der Waals surface area contributed by atoms with E-state index in [2.05, 4.69) is 34.6 Å². The molecule has 4 rings (SSSR count). The highest BCUT2D eigenvalue weighted by atomic mass is 19.4. The van der Waals surface area contributed by atoms with Crippen LogP contribution >= 0.6 is 0 Å². The number of rotatable bonds is 13. The van der Waals surface area contributed by atoms with Crippen LogP contribution in [0.2, 0.25) is 0 Å². The number of nitrogens with one attached hydrogen (secondary N) is 1. The van der Waals surface area contributed by atoms with Crippen LogP contribution in [-0.4, -0.2) is 43.4 Å². The number of nitrogens with zero attached hydrogens (tertiary/aromatic N) is 1. The van der Waals surface area contributed by atoms with Crippen LogP contribution in [0.5, 0.6) is 0 Å². The van der Waals surface area contributed by atoms with Crippen LogP contribution in [0.15, 0.2) is 101 Å². The average Bonchev–Trinajstić information content (AvgIpc) is 3.04. The molecule has 2 heterocycles. The van der Waals surface area contributed by atoms with Crippen molar-refractivity contribution in [3.8, 4) is 0 Å². The summed E-state index contributed by atoms with van der Waals surface area (Å²) >= 11 is 0. The maximum Gasteiger partial charge on any atom is 0.416 e. The maximum absolute atomic E-state index is 14.2. The monoisotopic (exact) mass is 676 g/mol. The number of pyridine rings is 1. The van der Waals surface area contributed by atoms with Gasteiger partial charge >= 0.3 is 18.1 Å². The molecule has 2 aromatic carbocycles. The molecule has 0 saturated carbocycles. The Labute approximate surface area is 285 Å². The molecular formula is C39H43F3N2O5. The van der Waals surface area contributed by atoms with Gasteiger partial charge in [0.1, 0.15) is 0 Å². The number of aromatic nitrogens is 1. The van der Waals surface area contributed by atoms with E-state index in [4.69, 9.17) is 14.2 Å². The van der Waals surface area contributed by atoms with Crippen molar-refractivity contribution in [3.63, 3.8) is 0 Å². The highest BCUT2D eigenvalue weighted by Crippen LogP contribution is 2.44. The quantitative estimate of drug-likeness (QED) is 0.183. The predicted octanol–water partition coefficient (Wildman–Crippen LogP) is 8.18. The lowest BCUT2D eigenvalue weighted by atomic mass is 9.78. The lowest BCUT2D eigenvalue weighted by molar-refractivity contribution is -0.144. The van der Waals surface area contributed by atoms with Crippen molar-refractivity contribution in [1.82, 2.24) is 10.3 Å². The van der Waals surface area contributed by atoms with Gasteiger partial charge in [0.2, 0.25) is 0 Å². The Kier molecular flexibility index (Phi) is 12.2. The molecule has 1 N–H and O–H groups in total. The maximum atomic E-state index is 14.2. The number of alkyl halides is 3. The van der Waals surface area contributed by atoms with E-state index in [-0.39, 0.29) is 42.2 Å². The molecule has 0 aliphatic carbocycles. The Morgan fingerprint density at radius 1 is 0.878 bits per heavy atom. The summed E-state index contributed by atoms with van der Waals surface area (Å²) in [6, 6.07) is 17.2. The second-order valence-electron chi connectivity index (χ2n) is 12.9. The fraction of sp³-hybridized carbons (Fsp3) is 0.359. The largest absolute Gasteiger partial charge is 0.463 e. The number of allylic oxidation sites excluding steroid dienone is 2. The molecule has 0 saturated heterocycles. The van der Waals surface area contributed by atoms with Gasteiger partial charge in [-0.15, -0.1) is 0 Å². The topological polar surface area (TPSA) is 86.8 Å². The second kappa shape index (κ2) is 16.1. The molecule has 49 heavy (non-hydrogen) atoms. The van der Waals surface area contributed by atoms with Gasteiger partial charge in [-0.2, -0.15) is 13.2 Å². The van der Waals surface area contributed by atoms with E-state index in [1.165, 1.54) is 23.8 Å². The van der Waals surface area contributed by atoms with E-state index >= 15 is 0 Å². The number of hydrogen-bond acceptors (Lipinski definition) is 7. The molecule has 1 aliphatic rings. The summed E-state index contributed by atoms with van der Waals surface area (Å²) in [6.07, 6.45) is 1.73. The van der Waals surface area contributed by atoms with E-state index in [0.717, 1.165) is 29.2 Å². The highest BCUT2D eigenvalue weighted by molar-refractivity contribution is 6.00. The van der Waals surface area contributed by atoms with Crippen LogP contribution in [0.1, 0.15) is 75.3 Å². The summed E-state index contributed by atoms with van der Waals surface area (Å²) in [5, 5.41) is 2.98. The molecule has 260 valence electrons. The Hall–Kier alpha value is -4.70. The lowest BCUT2D eigenvalue weighted by Crippen LogP contribution is -2.35. The highest BCUT2D eigenvalue weighted by Gasteiger charge is 2.43. The molecule has 0 spiro atoms. The number of hydrogen-bond donors (Lipinski definition) is 1. The fourth-order valence-corrected chi connectivity index (χ4v) is 5.73. The lowest BCUT2D eigenvalue weighted by Gasteiger charge is -2.32. The first-order chi connectivity index (χ1) is 23.2. The Morgan fingerprint density at radius 3 is 2.14 bits per heavy atom. The number of benzene rings is 2. The van der Waals surface area contributed by atoms with Crippen LogP contribution in [0.3, 0.4) is 0 Å². The molecule has 3 aromatic rings. The minimum absolute atomic E-state index is 0.00765. The molecule has 10 heteroatoms. The minimum atomic E-state index is -4.73. The fourth-order valence-electron chi connectivity index (χ4n) is 5.73. The van der Waals surface area contributed by atoms with Gasteiger partial charge in [0, 0.05) is 29.2 Å². The Balaban J connectivity index is 1.42. The van der Waals surface area contributed by atoms with Crippen LogP contribution < -0.4 is 5.32 Å². The van der Waals surface area contributed by atoms with E-state index in [1.807, 2.05) is 45.2 Å². The summed E-state index contributed by atoms with van der Waals surface area (Å²) in [4.78, 5) is 31.0. The molecule has 1 aliphatic heterocycles. The Bertz CT molecular complexity index is 1730. The van der Waals surface area contributed by atoms with Crippen LogP contribution in [0.4, 0.5) is 13.2 Å². The third-order valence-electron chi connectivity index (χ3n) is 7.99. The van der Waals surface area contributed by atoms with Gasteiger partial charge in [0.15, 0.2) is 0 Å². The van der Waals surface area contributed by atoms with Crippen LogP contribution in [0, 0.1) is 5.41 Å². The standard InChI is InChI=1S/C39H43F3N2O5/c1-7-48-36(45)33-26(3)44-27(4)34(35(33)31-12-8-9-13-32(31)39(40,41)42)37(46)49-24-38(5,6)23-47-22-25(2)19-28-14-16-29(17-15-28)20-30-11-10-18-43-21-30/h8-19,21,35,44H,7,20,22-24H2,1-6H3/b25-19+. The summed E-state index contributed by atoms with van der Waals surface area (Å²) in [6.45, 7) is 11.0. The van der Waals surface area contributed by atoms with Crippen molar-refractivity contribution in [2.24, 2.45) is 5.41 Å². The summed E-state index contributed by atoms with van der Waals surface area (Å²) in [5.74, 6) is -3.01. The molecule has 1 unspecified atom stereocenters. The first-order valence-electron chi connectivity index (χ1n) is 16.1. The Morgan fingerprint density at radius 2 is 1.53 bits per heavy atom. The number of dihydropyridines is 1. The van der Waals surface area contributed by atoms with Crippen molar-refractivity contribution < 1.29 is 37.0 Å². The molecule has 1 aromatic heterocycles. The van der Waals surface area contributed by atoms with Gasteiger partial charge in [-0.05, 0) is 74.1 Å². The zero-order chi connectivity index (χ0) is 35.8. The first-order valence-corrected chi connectivity index (χ1v) is 16.1. The van der Waals surface area contributed by atoms with Crippen molar-refractivity contribution in [3.05, 3.63) is 129 Å². The number of carbonyl (C=O) groups excluding carboxylic acids is 2. The number of ether oxygens (including phenoxy) is 3. The van der Waals surface area contributed by atoms with Crippen molar-refractivity contribution in [1.29, 1.82) is 0 Å². The summed E-state index contributed by atoms with van der Waals surface area (Å²) < 4.78 is 59.5. The third kappa shape index (κ3) is 9.92. The first kappa shape index (κ1) is 37.1. The van der Waals surface area contributed by atoms with Crippen LogP contribution in [0.25, 0.3) is 6.08 Å². The summed E-state index contributed by atoms with van der Waals surface area (Å²) in [7, 11) is 0. The van der Waals surface area contributed by atoms with Gasteiger partial charge in [-0.3, -0.25) is 4.98 Å². The smallest absolute Gasteiger partial charge is 0.416 e. The van der Waals surface area contributed by atoms with E-state index in [1.54, 1.807) is 27.0 Å². The zero-order valence-electron chi connectivity index (χ0n) is 28.7. The van der Waals surface area contributed by atoms with Crippen molar-refractivity contribution in [2.45, 2.75) is 60.1 Å². The molecule has 1 atom stereocenters. The van der Waals surface area contributed by atoms with Gasteiger partial charge in [0.25, 0.3) is 0 Å². The predicted molar refractivity (Wildman–Crippen MR) is 182 cm³/mol. The molecule has 0 radical (unpaired) electrons. The van der Waals surface area contributed by atoms with Gasteiger partial charge in [-0.1, -0.05) is 68.5 Å². The summed E-state index contributed by atoms with van der Waals surface area (Å²) in [5.41, 5.74) is 2.97. The molecule has 0 amide bonds. The SMILES string of the molecule is CCOC(=O)C1=C(C)NC(C)=C(C(=O)OCC(C)(C)COC/C(C)=C/c2ccc(Cc3cccnc3)cc2)C1c1ccccc1C(F)(F)F.